The zero-order valence-corrected chi connectivity index (χ0v) is 13.5. The standard InChI is InChI=1S/C17H19ClN2O3/c18-13-5-6-15-11(8-13)7-12(10-23-15)17(22)20(9-16(19)21)14-3-1-2-4-14/h5-8,14H,1-4,9-10H2,(H2,19,21). The molecule has 1 aliphatic carbocycles. The monoisotopic (exact) mass is 334 g/mol. The van der Waals surface area contributed by atoms with Crippen LogP contribution >= 0.6 is 11.6 Å². The third kappa shape index (κ3) is 3.50. The van der Waals surface area contributed by atoms with Gasteiger partial charge in [0.15, 0.2) is 0 Å². The van der Waals surface area contributed by atoms with Crippen LogP contribution in [0.15, 0.2) is 23.8 Å². The van der Waals surface area contributed by atoms with Crippen molar-refractivity contribution >= 4 is 29.5 Å². The van der Waals surface area contributed by atoms with E-state index in [-0.39, 0.29) is 25.1 Å². The van der Waals surface area contributed by atoms with Crippen molar-refractivity contribution in [2.75, 3.05) is 13.2 Å². The van der Waals surface area contributed by atoms with Crippen molar-refractivity contribution in [1.29, 1.82) is 0 Å². The summed E-state index contributed by atoms with van der Waals surface area (Å²) >= 11 is 6.00. The lowest BCUT2D eigenvalue weighted by Gasteiger charge is -2.30. The van der Waals surface area contributed by atoms with Gasteiger partial charge in [-0.1, -0.05) is 24.4 Å². The minimum Gasteiger partial charge on any atom is -0.488 e. The first kappa shape index (κ1) is 15.9. The van der Waals surface area contributed by atoms with Crippen LogP contribution in [0.25, 0.3) is 6.08 Å². The van der Waals surface area contributed by atoms with Crippen LogP contribution in [0.1, 0.15) is 31.2 Å². The van der Waals surface area contributed by atoms with Crippen LogP contribution in [0.5, 0.6) is 5.75 Å². The van der Waals surface area contributed by atoms with Crippen LogP contribution in [0.2, 0.25) is 5.02 Å². The highest BCUT2D eigenvalue weighted by Gasteiger charge is 2.30. The molecule has 0 unspecified atom stereocenters. The molecule has 0 saturated heterocycles. The largest absolute Gasteiger partial charge is 0.488 e. The van der Waals surface area contributed by atoms with Gasteiger partial charge in [0.05, 0.1) is 12.1 Å². The summed E-state index contributed by atoms with van der Waals surface area (Å²) in [6.07, 6.45) is 5.75. The van der Waals surface area contributed by atoms with Crippen LogP contribution in [0, 0.1) is 0 Å². The van der Waals surface area contributed by atoms with Gasteiger partial charge in [-0.05, 0) is 37.1 Å². The summed E-state index contributed by atoms with van der Waals surface area (Å²) in [5, 5.41) is 0.585. The Hall–Kier alpha value is -2.01. The maximum absolute atomic E-state index is 12.9. The number of nitrogens with two attached hydrogens (primary N) is 1. The highest BCUT2D eigenvalue weighted by atomic mass is 35.5. The average molecular weight is 335 g/mol. The van der Waals surface area contributed by atoms with Crippen molar-refractivity contribution in [3.63, 3.8) is 0 Å². The summed E-state index contributed by atoms with van der Waals surface area (Å²) in [7, 11) is 0. The fourth-order valence-electron chi connectivity index (χ4n) is 3.21. The molecule has 122 valence electrons. The molecule has 1 heterocycles. The molecule has 0 spiro atoms. The van der Waals surface area contributed by atoms with E-state index in [1.54, 1.807) is 29.2 Å². The van der Waals surface area contributed by atoms with Gasteiger partial charge in [0.25, 0.3) is 5.91 Å². The summed E-state index contributed by atoms with van der Waals surface area (Å²) in [5.41, 5.74) is 6.62. The number of rotatable bonds is 4. The molecule has 1 fully saturated rings. The van der Waals surface area contributed by atoms with Crippen LogP contribution in [-0.4, -0.2) is 35.9 Å². The highest BCUT2D eigenvalue weighted by molar-refractivity contribution is 6.30. The minimum absolute atomic E-state index is 0.0523. The second-order valence-corrected chi connectivity index (χ2v) is 6.41. The van der Waals surface area contributed by atoms with E-state index in [2.05, 4.69) is 0 Å². The maximum atomic E-state index is 12.9. The second-order valence-electron chi connectivity index (χ2n) is 5.98. The number of ether oxygens (including phenoxy) is 1. The number of carbonyl (C=O) groups is 2. The molecule has 1 aliphatic heterocycles. The molecule has 2 aliphatic rings. The lowest BCUT2D eigenvalue weighted by atomic mass is 10.1. The Bertz CT molecular complexity index is 666. The van der Waals surface area contributed by atoms with Gasteiger partial charge in [-0.2, -0.15) is 0 Å². The Labute approximate surface area is 140 Å². The Kier molecular flexibility index (Phi) is 4.57. The Balaban J connectivity index is 1.86. The average Bonchev–Trinajstić information content (AvgIpc) is 3.05. The van der Waals surface area contributed by atoms with E-state index in [1.165, 1.54) is 0 Å². The molecule has 0 bridgehead atoms. The Morgan fingerprint density at radius 1 is 1.30 bits per heavy atom. The summed E-state index contributed by atoms with van der Waals surface area (Å²) < 4.78 is 5.64. The molecule has 1 aromatic rings. The number of fused-ring (bicyclic) bond motifs is 1. The third-order valence-electron chi connectivity index (χ3n) is 4.31. The van der Waals surface area contributed by atoms with Gasteiger partial charge >= 0.3 is 0 Å². The van der Waals surface area contributed by atoms with Crippen molar-refractivity contribution in [3.8, 4) is 5.75 Å². The summed E-state index contributed by atoms with van der Waals surface area (Å²) in [5.74, 6) is 0.0283. The first-order valence-electron chi connectivity index (χ1n) is 7.77. The highest BCUT2D eigenvalue weighted by Crippen LogP contribution is 2.31. The summed E-state index contributed by atoms with van der Waals surface area (Å²) in [6, 6.07) is 5.38. The molecule has 0 radical (unpaired) electrons. The molecule has 1 aromatic carbocycles. The predicted molar refractivity (Wildman–Crippen MR) is 88.1 cm³/mol. The second kappa shape index (κ2) is 6.62. The number of amides is 2. The van der Waals surface area contributed by atoms with Crippen molar-refractivity contribution < 1.29 is 14.3 Å². The van der Waals surface area contributed by atoms with Crippen LogP contribution in [-0.2, 0) is 9.59 Å². The minimum atomic E-state index is -0.494. The van der Waals surface area contributed by atoms with Gasteiger partial charge in [0.2, 0.25) is 5.91 Å². The molecule has 1 saturated carbocycles. The van der Waals surface area contributed by atoms with E-state index in [1.807, 2.05) is 0 Å². The van der Waals surface area contributed by atoms with Crippen LogP contribution in [0.4, 0.5) is 0 Å². The first-order chi connectivity index (χ1) is 11.0. The van der Waals surface area contributed by atoms with Crippen LogP contribution < -0.4 is 10.5 Å². The summed E-state index contributed by atoms with van der Waals surface area (Å²) in [6.45, 7) is 0.138. The van der Waals surface area contributed by atoms with E-state index in [0.717, 1.165) is 31.2 Å². The molecule has 5 nitrogen and oxygen atoms in total. The molecular weight excluding hydrogens is 316 g/mol. The zero-order valence-electron chi connectivity index (χ0n) is 12.8. The van der Waals surface area contributed by atoms with Crippen molar-refractivity contribution in [2.24, 2.45) is 5.73 Å². The molecule has 23 heavy (non-hydrogen) atoms. The van der Waals surface area contributed by atoms with Gasteiger partial charge < -0.3 is 15.4 Å². The van der Waals surface area contributed by atoms with Crippen molar-refractivity contribution in [1.82, 2.24) is 4.90 Å². The maximum Gasteiger partial charge on any atom is 0.253 e. The third-order valence-corrected chi connectivity index (χ3v) is 4.55. The van der Waals surface area contributed by atoms with Crippen molar-refractivity contribution in [3.05, 3.63) is 34.4 Å². The number of hydrogen-bond donors (Lipinski definition) is 1. The first-order valence-corrected chi connectivity index (χ1v) is 8.14. The van der Waals surface area contributed by atoms with Gasteiger partial charge in [-0.15, -0.1) is 0 Å². The number of primary amides is 1. The molecule has 2 amide bonds. The smallest absolute Gasteiger partial charge is 0.253 e. The molecule has 3 rings (SSSR count). The van der Waals surface area contributed by atoms with E-state index in [9.17, 15) is 9.59 Å². The quantitative estimate of drug-likeness (QED) is 0.918. The Morgan fingerprint density at radius 3 is 2.74 bits per heavy atom. The number of halogens is 1. The SMILES string of the molecule is NC(=O)CN(C(=O)C1=Cc2cc(Cl)ccc2OC1)C1CCCC1. The topological polar surface area (TPSA) is 72.6 Å². The zero-order chi connectivity index (χ0) is 16.4. The number of benzene rings is 1. The van der Waals surface area contributed by atoms with Gasteiger partial charge in [-0.3, -0.25) is 9.59 Å². The van der Waals surface area contributed by atoms with E-state index < -0.39 is 5.91 Å². The molecule has 6 heteroatoms. The number of carbonyl (C=O) groups excluding carboxylic acids is 2. The lowest BCUT2D eigenvalue weighted by Crippen LogP contribution is -2.45. The van der Waals surface area contributed by atoms with Crippen molar-refractivity contribution in [2.45, 2.75) is 31.7 Å². The van der Waals surface area contributed by atoms with Gasteiger partial charge in [0, 0.05) is 16.6 Å². The number of nitrogens with zero attached hydrogens (tertiary/aromatic N) is 1. The molecule has 0 aromatic heterocycles. The molecule has 0 atom stereocenters. The normalized spacial score (nSPS) is 17.2. The van der Waals surface area contributed by atoms with E-state index in [0.29, 0.717) is 16.3 Å². The van der Waals surface area contributed by atoms with E-state index in [4.69, 9.17) is 22.1 Å². The fourth-order valence-corrected chi connectivity index (χ4v) is 3.39. The molecular formula is C17H19ClN2O3. The van der Waals surface area contributed by atoms with Crippen LogP contribution in [0.3, 0.4) is 0 Å². The Morgan fingerprint density at radius 2 is 2.04 bits per heavy atom. The molecule has 2 N–H and O–H groups in total. The van der Waals surface area contributed by atoms with E-state index >= 15 is 0 Å². The predicted octanol–water partition coefficient (Wildman–Crippen LogP) is 2.37. The van der Waals surface area contributed by atoms with Gasteiger partial charge in [-0.25, -0.2) is 0 Å². The van der Waals surface area contributed by atoms with Gasteiger partial charge in [0.1, 0.15) is 12.4 Å². The summed E-state index contributed by atoms with van der Waals surface area (Å²) in [4.78, 5) is 25.8. The fraction of sp³-hybridized carbons (Fsp3) is 0.412. The number of hydrogen-bond acceptors (Lipinski definition) is 3. The lowest BCUT2D eigenvalue weighted by molar-refractivity contribution is -0.134.